The van der Waals surface area contributed by atoms with E-state index >= 15 is 0 Å². The van der Waals surface area contributed by atoms with Crippen LogP contribution in [0.15, 0.2) is 18.2 Å². The van der Waals surface area contributed by atoms with Crippen LogP contribution in [0.1, 0.15) is 45.1 Å². The molecule has 0 aliphatic heterocycles. The van der Waals surface area contributed by atoms with Crippen LogP contribution < -0.4 is 16.0 Å². The van der Waals surface area contributed by atoms with Crippen molar-refractivity contribution >= 4 is 40.7 Å². The Hall–Kier alpha value is -2.15. The molecule has 0 fully saturated rings. The highest BCUT2D eigenvalue weighted by Gasteiger charge is 2.10. The smallest absolute Gasteiger partial charge is 0.413 e. The molecule has 0 saturated heterocycles. The molecule has 1 aromatic carbocycles. The number of carbonyl (C=O) groups excluding carboxylic acids is 2. The number of aryl methyl sites for hydroxylation is 1. The lowest BCUT2D eigenvalue weighted by Gasteiger charge is -2.15. The molecule has 24 heavy (non-hydrogen) atoms. The molecule has 0 saturated carbocycles. The Balaban J connectivity index is 2.93. The maximum absolute atomic E-state index is 11.9. The van der Waals surface area contributed by atoms with Crippen molar-refractivity contribution in [3.63, 3.8) is 0 Å². The molecular formula is C17H25N3O3S. The minimum absolute atomic E-state index is 0.0614. The van der Waals surface area contributed by atoms with Crippen LogP contribution in [0, 0.1) is 0 Å². The Bertz CT molecular complexity index is 590. The first-order valence-electron chi connectivity index (χ1n) is 8.08. The molecule has 3 N–H and O–H groups in total. The van der Waals surface area contributed by atoms with Crippen molar-refractivity contribution in [2.24, 2.45) is 0 Å². The van der Waals surface area contributed by atoms with E-state index in [1.54, 1.807) is 0 Å². The van der Waals surface area contributed by atoms with Gasteiger partial charge in [-0.1, -0.05) is 26.3 Å². The van der Waals surface area contributed by atoms with Crippen LogP contribution in [0.25, 0.3) is 0 Å². The fraction of sp³-hybridized carbons (Fsp3) is 0.471. The van der Waals surface area contributed by atoms with Gasteiger partial charge in [-0.2, -0.15) is 0 Å². The minimum atomic E-state index is -0.647. The third-order valence-corrected chi connectivity index (χ3v) is 3.51. The Morgan fingerprint density at radius 1 is 1.12 bits per heavy atom. The predicted molar refractivity (Wildman–Crippen MR) is 100 cm³/mol. The van der Waals surface area contributed by atoms with E-state index in [2.05, 4.69) is 27.6 Å². The highest BCUT2D eigenvalue weighted by atomic mass is 32.1. The molecule has 0 bridgehead atoms. The zero-order valence-corrected chi connectivity index (χ0v) is 15.2. The van der Waals surface area contributed by atoms with Gasteiger partial charge in [-0.3, -0.25) is 10.1 Å². The van der Waals surface area contributed by atoms with Gasteiger partial charge >= 0.3 is 6.09 Å². The second-order valence-corrected chi connectivity index (χ2v) is 5.76. The van der Waals surface area contributed by atoms with Gasteiger partial charge < -0.3 is 15.4 Å². The van der Waals surface area contributed by atoms with Crippen molar-refractivity contribution in [1.82, 2.24) is 5.32 Å². The lowest BCUT2D eigenvalue weighted by molar-refractivity contribution is -0.116. The van der Waals surface area contributed by atoms with Gasteiger partial charge in [-0.05, 0) is 49.2 Å². The summed E-state index contributed by atoms with van der Waals surface area (Å²) in [6, 6.07) is 5.77. The van der Waals surface area contributed by atoms with E-state index in [9.17, 15) is 9.59 Å². The number of hydrogen-bond acceptors (Lipinski definition) is 4. The van der Waals surface area contributed by atoms with Crippen LogP contribution in [0.2, 0.25) is 0 Å². The number of unbranched alkanes of at least 4 members (excludes halogenated alkanes) is 1. The van der Waals surface area contributed by atoms with Crippen molar-refractivity contribution in [2.75, 3.05) is 17.7 Å². The molecule has 0 unspecified atom stereocenters. The largest absolute Gasteiger partial charge is 0.453 e. The average molecular weight is 351 g/mol. The Kier molecular flexibility index (Phi) is 8.78. The number of thiocarbonyl (C=S) groups is 1. The summed E-state index contributed by atoms with van der Waals surface area (Å²) in [6.45, 7) is 4.08. The molecule has 6 nitrogen and oxygen atoms in total. The predicted octanol–water partition coefficient (Wildman–Crippen LogP) is 3.82. The topological polar surface area (TPSA) is 79.5 Å². The number of nitrogens with one attached hydrogen (secondary N) is 3. The van der Waals surface area contributed by atoms with Crippen LogP contribution in [0.3, 0.4) is 0 Å². The maximum Gasteiger partial charge on any atom is 0.413 e. The Morgan fingerprint density at radius 3 is 2.50 bits per heavy atom. The van der Waals surface area contributed by atoms with Crippen molar-refractivity contribution in [3.8, 4) is 0 Å². The molecule has 132 valence electrons. The highest BCUT2D eigenvalue weighted by Crippen LogP contribution is 2.24. The standard InChI is InChI=1S/C17H25N3O3S/c1-4-6-8-12-9-10-13(18-15(21)7-5-2)14(11-12)19-16(24)20-17(22)23-3/h9-11H,4-8H2,1-3H3,(H,18,21)(H2,19,20,22,24). The normalized spacial score (nSPS) is 9.96. The molecule has 0 atom stereocenters. The van der Waals surface area contributed by atoms with Gasteiger partial charge in [0, 0.05) is 6.42 Å². The van der Waals surface area contributed by atoms with Gasteiger partial charge in [0.15, 0.2) is 5.11 Å². The third-order valence-electron chi connectivity index (χ3n) is 3.30. The fourth-order valence-corrected chi connectivity index (χ4v) is 2.27. The van der Waals surface area contributed by atoms with Crippen LogP contribution in [0.5, 0.6) is 0 Å². The summed E-state index contributed by atoms with van der Waals surface area (Å²) >= 11 is 5.10. The van der Waals surface area contributed by atoms with E-state index in [0.717, 1.165) is 31.2 Å². The first kappa shape index (κ1) is 19.9. The van der Waals surface area contributed by atoms with Crippen LogP contribution in [0.4, 0.5) is 16.2 Å². The highest BCUT2D eigenvalue weighted by molar-refractivity contribution is 7.80. The van der Waals surface area contributed by atoms with E-state index in [1.807, 2.05) is 25.1 Å². The third kappa shape index (κ3) is 6.95. The number of alkyl carbamates (subject to hydrolysis) is 1. The molecule has 1 rings (SSSR count). The van der Waals surface area contributed by atoms with Gasteiger partial charge in [0.1, 0.15) is 0 Å². The van der Waals surface area contributed by atoms with Gasteiger partial charge in [-0.15, -0.1) is 0 Å². The number of carbonyl (C=O) groups is 2. The van der Waals surface area contributed by atoms with Crippen LogP contribution in [-0.2, 0) is 16.0 Å². The molecule has 0 spiro atoms. The molecule has 0 aliphatic carbocycles. The molecule has 1 aromatic rings. The lowest BCUT2D eigenvalue weighted by atomic mass is 10.1. The summed E-state index contributed by atoms with van der Waals surface area (Å²) in [7, 11) is 1.26. The van der Waals surface area contributed by atoms with E-state index in [-0.39, 0.29) is 11.0 Å². The van der Waals surface area contributed by atoms with Gasteiger partial charge in [0.25, 0.3) is 0 Å². The average Bonchev–Trinajstić information content (AvgIpc) is 2.55. The maximum atomic E-state index is 11.9. The van der Waals surface area contributed by atoms with E-state index in [0.29, 0.717) is 17.8 Å². The van der Waals surface area contributed by atoms with Crippen LogP contribution in [-0.4, -0.2) is 24.2 Å². The summed E-state index contributed by atoms with van der Waals surface area (Å²) < 4.78 is 4.51. The van der Waals surface area contributed by atoms with Gasteiger partial charge in [0.05, 0.1) is 18.5 Å². The summed E-state index contributed by atoms with van der Waals surface area (Å²) in [4.78, 5) is 23.1. The summed E-state index contributed by atoms with van der Waals surface area (Å²) in [5.41, 5.74) is 2.41. The molecule has 0 aliphatic rings. The molecule has 0 heterocycles. The number of anilines is 2. The van der Waals surface area contributed by atoms with Crippen molar-refractivity contribution in [1.29, 1.82) is 0 Å². The number of rotatable bonds is 7. The summed E-state index contributed by atoms with van der Waals surface area (Å²) in [5.74, 6) is -0.0614. The Morgan fingerprint density at radius 2 is 1.88 bits per heavy atom. The van der Waals surface area contributed by atoms with E-state index < -0.39 is 6.09 Å². The second kappa shape index (κ2) is 10.6. The molecule has 0 radical (unpaired) electrons. The SMILES string of the molecule is CCCCc1ccc(NC(=O)CCC)c(NC(=S)NC(=O)OC)c1. The van der Waals surface area contributed by atoms with E-state index in [1.165, 1.54) is 7.11 Å². The monoisotopic (exact) mass is 351 g/mol. The number of amides is 2. The second-order valence-electron chi connectivity index (χ2n) is 5.35. The summed E-state index contributed by atoms with van der Waals surface area (Å²) in [5, 5.41) is 8.31. The number of benzene rings is 1. The number of hydrogen-bond donors (Lipinski definition) is 3. The number of methoxy groups -OCH3 is 1. The first-order chi connectivity index (χ1) is 11.5. The Labute approximate surface area is 148 Å². The quantitative estimate of drug-likeness (QED) is 0.651. The van der Waals surface area contributed by atoms with Crippen molar-refractivity contribution < 1.29 is 14.3 Å². The molecule has 2 amide bonds. The lowest BCUT2D eigenvalue weighted by Crippen LogP contribution is -2.34. The van der Waals surface area contributed by atoms with Crippen LogP contribution >= 0.6 is 12.2 Å². The van der Waals surface area contributed by atoms with E-state index in [4.69, 9.17) is 12.2 Å². The van der Waals surface area contributed by atoms with Gasteiger partial charge in [0.2, 0.25) is 5.91 Å². The fourth-order valence-electron chi connectivity index (χ4n) is 2.08. The molecule has 0 aromatic heterocycles. The van der Waals surface area contributed by atoms with Crippen molar-refractivity contribution in [2.45, 2.75) is 46.0 Å². The first-order valence-corrected chi connectivity index (χ1v) is 8.49. The van der Waals surface area contributed by atoms with Gasteiger partial charge in [-0.25, -0.2) is 4.79 Å². The molecule has 7 heteroatoms. The van der Waals surface area contributed by atoms with Crippen molar-refractivity contribution in [3.05, 3.63) is 23.8 Å². The minimum Gasteiger partial charge on any atom is -0.453 e. The summed E-state index contributed by atoms with van der Waals surface area (Å²) in [6.07, 6.45) is 3.68. The zero-order chi connectivity index (χ0) is 17.9. The zero-order valence-electron chi connectivity index (χ0n) is 14.4. The number of ether oxygens (including phenoxy) is 1. The molecular weight excluding hydrogens is 326 g/mol.